The van der Waals surface area contributed by atoms with Gasteiger partial charge in [-0.2, -0.15) is 0 Å². The van der Waals surface area contributed by atoms with Gasteiger partial charge in [0.25, 0.3) is 5.91 Å². The molecule has 1 saturated heterocycles. The van der Waals surface area contributed by atoms with Gasteiger partial charge in [-0.05, 0) is 29.8 Å². The van der Waals surface area contributed by atoms with Crippen LogP contribution in [0.5, 0.6) is 0 Å². The van der Waals surface area contributed by atoms with Gasteiger partial charge in [0.05, 0.1) is 12.7 Å². The van der Waals surface area contributed by atoms with E-state index in [-0.39, 0.29) is 17.8 Å². The zero-order chi connectivity index (χ0) is 18.6. The third kappa shape index (κ3) is 4.35. The van der Waals surface area contributed by atoms with Crippen LogP contribution in [0.25, 0.3) is 10.9 Å². The number of nitrogens with zero attached hydrogens (tertiary/aromatic N) is 1. The minimum absolute atomic E-state index is 0.0479. The maximum absolute atomic E-state index is 13.3. The van der Waals surface area contributed by atoms with E-state index in [9.17, 15) is 9.18 Å². The predicted octanol–water partition coefficient (Wildman–Crippen LogP) is 2.94. The summed E-state index contributed by atoms with van der Waals surface area (Å²) in [5.74, 6) is -0.530. The highest BCUT2D eigenvalue weighted by Crippen LogP contribution is 2.17. The van der Waals surface area contributed by atoms with Gasteiger partial charge in [-0.3, -0.25) is 9.69 Å². The van der Waals surface area contributed by atoms with E-state index in [0.29, 0.717) is 24.2 Å². The van der Waals surface area contributed by atoms with E-state index >= 15 is 0 Å². The van der Waals surface area contributed by atoms with Crippen LogP contribution in [-0.2, 0) is 11.3 Å². The molecule has 2 aromatic carbocycles. The fourth-order valence-electron chi connectivity index (χ4n) is 3.42. The molecule has 1 fully saturated rings. The van der Waals surface area contributed by atoms with E-state index in [1.54, 1.807) is 12.1 Å². The Balaban J connectivity index is 1.32. The van der Waals surface area contributed by atoms with Crippen LogP contribution in [0.1, 0.15) is 16.1 Å². The molecule has 0 aliphatic carbocycles. The average molecular weight is 367 g/mol. The molecule has 0 saturated carbocycles. The molecule has 1 aromatic heterocycles. The van der Waals surface area contributed by atoms with Crippen LogP contribution in [0.3, 0.4) is 0 Å². The Bertz CT molecular complexity index is 926. The second-order valence-corrected chi connectivity index (χ2v) is 6.84. The predicted molar refractivity (Wildman–Crippen MR) is 102 cm³/mol. The van der Waals surface area contributed by atoms with Crippen molar-refractivity contribution in [3.8, 4) is 0 Å². The number of aromatic amines is 1. The van der Waals surface area contributed by atoms with Gasteiger partial charge in [0.1, 0.15) is 11.5 Å². The van der Waals surface area contributed by atoms with E-state index in [4.69, 9.17) is 4.74 Å². The summed E-state index contributed by atoms with van der Waals surface area (Å²) in [6.45, 7) is 3.62. The van der Waals surface area contributed by atoms with Gasteiger partial charge in [0.15, 0.2) is 0 Å². The number of benzene rings is 2. The van der Waals surface area contributed by atoms with Crippen molar-refractivity contribution in [2.24, 2.45) is 0 Å². The number of H-pyrrole nitrogens is 1. The molecule has 2 heterocycles. The number of hydrogen-bond donors (Lipinski definition) is 2. The third-order valence-corrected chi connectivity index (χ3v) is 4.79. The maximum Gasteiger partial charge on any atom is 0.267 e. The van der Waals surface area contributed by atoms with Gasteiger partial charge < -0.3 is 15.0 Å². The number of rotatable bonds is 5. The smallest absolute Gasteiger partial charge is 0.267 e. The van der Waals surface area contributed by atoms with E-state index in [2.05, 4.69) is 27.3 Å². The molecule has 0 bridgehead atoms. The Labute approximate surface area is 157 Å². The van der Waals surface area contributed by atoms with Gasteiger partial charge in [-0.25, -0.2) is 4.39 Å². The molecule has 4 rings (SSSR count). The second kappa shape index (κ2) is 7.90. The second-order valence-electron chi connectivity index (χ2n) is 6.84. The maximum atomic E-state index is 13.3. The van der Waals surface area contributed by atoms with Gasteiger partial charge >= 0.3 is 0 Å². The topological polar surface area (TPSA) is 57.4 Å². The molecule has 3 aromatic rings. The van der Waals surface area contributed by atoms with Crippen LogP contribution in [-0.4, -0.2) is 48.1 Å². The SMILES string of the molecule is O=C(NC[C@H]1CN(Cc2ccccc2)CCO1)c1cc2cc(F)ccc2[nH]1. The van der Waals surface area contributed by atoms with Crippen LogP contribution in [0.2, 0.25) is 0 Å². The lowest BCUT2D eigenvalue weighted by Gasteiger charge is -2.33. The van der Waals surface area contributed by atoms with Crippen LogP contribution in [0, 0.1) is 5.82 Å². The number of morpholine rings is 1. The molecule has 1 aliphatic rings. The van der Waals surface area contributed by atoms with E-state index in [0.717, 1.165) is 25.2 Å². The van der Waals surface area contributed by atoms with Crippen LogP contribution < -0.4 is 5.32 Å². The van der Waals surface area contributed by atoms with Gasteiger partial charge in [0.2, 0.25) is 0 Å². The fraction of sp³-hybridized carbons (Fsp3) is 0.286. The van der Waals surface area contributed by atoms with Crippen molar-refractivity contribution in [3.05, 3.63) is 71.7 Å². The Morgan fingerprint density at radius 1 is 1.22 bits per heavy atom. The van der Waals surface area contributed by atoms with Gasteiger partial charge in [0, 0.05) is 37.1 Å². The number of halogens is 1. The summed E-state index contributed by atoms with van der Waals surface area (Å²) in [6, 6.07) is 16.4. The molecule has 1 amide bonds. The highest BCUT2D eigenvalue weighted by Gasteiger charge is 2.21. The standard InChI is InChI=1S/C21H22FN3O2/c22-17-6-7-19-16(10-17)11-20(24-19)21(26)23-12-18-14-25(8-9-27-18)13-15-4-2-1-3-5-15/h1-7,10-11,18,24H,8-9,12-14H2,(H,23,26)/t18-/m0/s1. The Kier molecular flexibility index (Phi) is 5.18. The lowest BCUT2D eigenvalue weighted by atomic mass is 10.2. The quantitative estimate of drug-likeness (QED) is 0.729. The zero-order valence-corrected chi connectivity index (χ0v) is 15.0. The number of hydrogen-bond acceptors (Lipinski definition) is 3. The molecule has 0 radical (unpaired) electrons. The van der Waals surface area contributed by atoms with Crippen molar-refractivity contribution < 1.29 is 13.9 Å². The minimum atomic E-state index is -0.317. The molecule has 2 N–H and O–H groups in total. The summed E-state index contributed by atoms with van der Waals surface area (Å²) in [5, 5.41) is 3.60. The average Bonchev–Trinajstić information content (AvgIpc) is 3.10. The first-order valence-corrected chi connectivity index (χ1v) is 9.12. The van der Waals surface area contributed by atoms with Crippen molar-refractivity contribution in [1.29, 1.82) is 0 Å². The van der Waals surface area contributed by atoms with Crippen molar-refractivity contribution in [2.45, 2.75) is 12.6 Å². The molecular formula is C21H22FN3O2. The highest BCUT2D eigenvalue weighted by molar-refractivity contribution is 5.98. The number of aromatic nitrogens is 1. The molecule has 140 valence electrons. The molecule has 1 atom stereocenters. The van der Waals surface area contributed by atoms with Gasteiger partial charge in [-0.15, -0.1) is 0 Å². The Hall–Kier alpha value is -2.70. The fourth-order valence-corrected chi connectivity index (χ4v) is 3.42. The summed E-state index contributed by atoms with van der Waals surface area (Å²) in [7, 11) is 0. The molecular weight excluding hydrogens is 345 g/mol. The molecule has 0 unspecified atom stereocenters. The number of amides is 1. The molecule has 27 heavy (non-hydrogen) atoms. The number of nitrogens with one attached hydrogen (secondary N) is 2. The summed E-state index contributed by atoms with van der Waals surface area (Å²) >= 11 is 0. The lowest BCUT2D eigenvalue weighted by Crippen LogP contribution is -2.47. The van der Waals surface area contributed by atoms with Crippen molar-refractivity contribution in [1.82, 2.24) is 15.2 Å². The van der Waals surface area contributed by atoms with Crippen LogP contribution in [0.4, 0.5) is 4.39 Å². The molecule has 0 spiro atoms. The number of ether oxygens (including phenoxy) is 1. The van der Waals surface area contributed by atoms with Crippen LogP contribution >= 0.6 is 0 Å². The summed E-state index contributed by atoms with van der Waals surface area (Å²) in [6.07, 6.45) is -0.0479. The first-order valence-electron chi connectivity index (χ1n) is 9.12. The molecule has 1 aliphatic heterocycles. The molecule has 5 nitrogen and oxygen atoms in total. The number of carbonyl (C=O) groups excluding carboxylic acids is 1. The van der Waals surface area contributed by atoms with Crippen molar-refractivity contribution in [2.75, 3.05) is 26.2 Å². The molecule has 6 heteroatoms. The summed E-state index contributed by atoms with van der Waals surface area (Å²) in [5.41, 5.74) is 2.43. The van der Waals surface area contributed by atoms with E-state index < -0.39 is 0 Å². The minimum Gasteiger partial charge on any atom is -0.374 e. The first kappa shape index (κ1) is 17.7. The monoisotopic (exact) mass is 367 g/mol. The van der Waals surface area contributed by atoms with E-state index in [1.165, 1.54) is 17.7 Å². The van der Waals surface area contributed by atoms with E-state index in [1.807, 2.05) is 18.2 Å². The number of fused-ring (bicyclic) bond motifs is 1. The Morgan fingerprint density at radius 2 is 2.07 bits per heavy atom. The summed E-state index contributed by atoms with van der Waals surface area (Å²) < 4.78 is 19.1. The van der Waals surface area contributed by atoms with Gasteiger partial charge in [-0.1, -0.05) is 30.3 Å². The van der Waals surface area contributed by atoms with Crippen LogP contribution in [0.15, 0.2) is 54.6 Å². The first-order chi connectivity index (χ1) is 13.2. The third-order valence-electron chi connectivity index (χ3n) is 4.79. The lowest BCUT2D eigenvalue weighted by molar-refractivity contribution is -0.0292. The van der Waals surface area contributed by atoms with Crippen molar-refractivity contribution in [3.63, 3.8) is 0 Å². The zero-order valence-electron chi connectivity index (χ0n) is 15.0. The summed E-state index contributed by atoms with van der Waals surface area (Å²) in [4.78, 5) is 17.8. The van der Waals surface area contributed by atoms with Crippen molar-refractivity contribution >= 4 is 16.8 Å². The Morgan fingerprint density at radius 3 is 2.93 bits per heavy atom. The largest absolute Gasteiger partial charge is 0.374 e. The normalized spacial score (nSPS) is 17.9. The number of carbonyl (C=O) groups is 1. The highest BCUT2D eigenvalue weighted by atomic mass is 19.1.